The molecule has 2 aromatic rings. The summed E-state index contributed by atoms with van der Waals surface area (Å²) in [5, 5.41) is 7.93. The zero-order chi connectivity index (χ0) is 16.8. The van der Waals surface area contributed by atoms with Crippen molar-refractivity contribution in [1.29, 1.82) is 0 Å². The number of carbonyl (C=O) groups is 1. The van der Waals surface area contributed by atoms with E-state index in [4.69, 9.17) is 46.4 Å². The molecule has 122 valence electrons. The minimum atomic E-state index is -0.198. The van der Waals surface area contributed by atoms with E-state index in [1.807, 2.05) is 6.07 Å². The molecular weight excluding hydrogens is 378 g/mol. The van der Waals surface area contributed by atoms with Gasteiger partial charge in [-0.1, -0.05) is 52.5 Å². The molecule has 0 saturated heterocycles. The first-order valence-electron chi connectivity index (χ1n) is 6.85. The Kier molecular flexibility index (Phi) is 7.00. The maximum absolute atomic E-state index is 11.9. The zero-order valence-corrected chi connectivity index (χ0v) is 15.0. The van der Waals surface area contributed by atoms with Gasteiger partial charge in [0.2, 0.25) is 5.91 Å². The minimum absolute atomic E-state index is 0.161. The van der Waals surface area contributed by atoms with Crippen LogP contribution < -0.4 is 10.6 Å². The number of anilines is 1. The van der Waals surface area contributed by atoms with Crippen LogP contribution in [0, 0.1) is 0 Å². The molecule has 0 heterocycles. The number of carbonyl (C=O) groups excluding carboxylic acids is 1. The van der Waals surface area contributed by atoms with Crippen molar-refractivity contribution >= 4 is 58.0 Å². The number of benzene rings is 2. The molecule has 0 aromatic heterocycles. The van der Waals surface area contributed by atoms with Crippen molar-refractivity contribution < 1.29 is 4.79 Å². The SMILES string of the molecule is O=C(CNCCc1ccc(Cl)cc1Cl)Nc1cc(Cl)ccc1Cl. The molecule has 23 heavy (non-hydrogen) atoms. The van der Waals surface area contributed by atoms with Crippen LogP contribution in [-0.2, 0) is 11.2 Å². The van der Waals surface area contributed by atoms with Crippen molar-refractivity contribution in [1.82, 2.24) is 5.32 Å². The fourth-order valence-electron chi connectivity index (χ4n) is 1.94. The quantitative estimate of drug-likeness (QED) is 0.674. The number of nitrogens with one attached hydrogen (secondary N) is 2. The summed E-state index contributed by atoms with van der Waals surface area (Å²) in [6, 6.07) is 10.3. The summed E-state index contributed by atoms with van der Waals surface area (Å²) in [5.41, 5.74) is 1.47. The maximum atomic E-state index is 11.9. The van der Waals surface area contributed by atoms with Gasteiger partial charge in [0.05, 0.1) is 17.3 Å². The number of rotatable bonds is 6. The van der Waals surface area contributed by atoms with Crippen LogP contribution in [0.25, 0.3) is 0 Å². The summed E-state index contributed by atoms with van der Waals surface area (Å²) in [4.78, 5) is 11.9. The third kappa shape index (κ3) is 5.87. The summed E-state index contributed by atoms with van der Waals surface area (Å²) in [6.45, 7) is 0.770. The van der Waals surface area contributed by atoms with Crippen molar-refractivity contribution in [3.63, 3.8) is 0 Å². The van der Waals surface area contributed by atoms with Gasteiger partial charge >= 0.3 is 0 Å². The van der Waals surface area contributed by atoms with Gasteiger partial charge in [-0.25, -0.2) is 0 Å². The second-order valence-electron chi connectivity index (χ2n) is 4.83. The molecule has 2 rings (SSSR count). The first kappa shape index (κ1) is 18.4. The largest absolute Gasteiger partial charge is 0.324 e. The Morgan fingerprint density at radius 3 is 2.35 bits per heavy atom. The van der Waals surface area contributed by atoms with Crippen LogP contribution >= 0.6 is 46.4 Å². The van der Waals surface area contributed by atoms with Crippen molar-refractivity contribution in [3.8, 4) is 0 Å². The summed E-state index contributed by atoms with van der Waals surface area (Å²) in [6.07, 6.45) is 0.696. The van der Waals surface area contributed by atoms with Gasteiger partial charge in [-0.15, -0.1) is 0 Å². The van der Waals surface area contributed by atoms with E-state index in [9.17, 15) is 4.79 Å². The molecule has 0 radical (unpaired) electrons. The Bertz CT molecular complexity index is 706. The molecule has 0 bridgehead atoms. The smallest absolute Gasteiger partial charge is 0.238 e. The van der Waals surface area contributed by atoms with Crippen LogP contribution in [0.15, 0.2) is 36.4 Å². The van der Waals surface area contributed by atoms with Gasteiger partial charge < -0.3 is 10.6 Å². The van der Waals surface area contributed by atoms with E-state index >= 15 is 0 Å². The number of hydrogen-bond acceptors (Lipinski definition) is 2. The molecule has 0 saturated carbocycles. The lowest BCUT2D eigenvalue weighted by molar-refractivity contribution is -0.115. The van der Waals surface area contributed by atoms with E-state index in [0.29, 0.717) is 38.7 Å². The summed E-state index contributed by atoms with van der Waals surface area (Å²) < 4.78 is 0. The highest BCUT2D eigenvalue weighted by atomic mass is 35.5. The van der Waals surface area contributed by atoms with Gasteiger partial charge in [-0.3, -0.25) is 4.79 Å². The normalized spacial score (nSPS) is 10.6. The van der Waals surface area contributed by atoms with E-state index in [2.05, 4.69) is 10.6 Å². The molecule has 0 unspecified atom stereocenters. The van der Waals surface area contributed by atoms with E-state index in [0.717, 1.165) is 5.56 Å². The van der Waals surface area contributed by atoms with Crippen molar-refractivity contribution in [2.24, 2.45) is 0 Å². The average molecular weight is 392 g/mol. The van der Waals surface area contributed by atoms with E-state index in [1.165, 1.54) is 0 Å². The summed E-state index contributed by atoms with van der Waals surface area (Å²) >= 11 is 23.8. The topological polar surface area (TPSA) is 41.1 Å². The standard InChI is InChI=1S/C16H14Cl4N2O/c17-11-2-1-10(14(20)7-11)5-6-21-9-16(23)22-15-8-12(18)3-4-13(15)19/h1-4,7-8,21H,5-6,9H2,(H,22,23). The Balaban J connectivity index is 1.77. The Hall–Kier alpha value is -0.970. The first-order valence-corrected chi connectivity index (χ1v) is 8.36. The highest BCUT2D eigenvalue weighted by Gasteiger charge is 2.07. The van der Waals surface area contributed by atoms with Crippen LogP contribution in [0.4, 0.5) is 5.69 Å². The second kappa shape index (κ2) is 8.76. The van der Waals surface area contributed by atoms with E-state index < -0.39 is 0 Å². The maximum Gasteiger partial charge on any atom is 0.238 e. The lowest BCUT2D eigenvalue weighted by Gasteiger charge is -2.09. The fraction of sp³-hybridized carbons (Fsp3) is 0.188. The van der Waals surface area contributed by atoms with Gasteiger partial charge in [0.1, 0.15) is 0 Å². The predicted molar refractivity (Wildman–Crippen MR) is 98.1 cm³/mol. The molecule has 0 fully saturated rings. The molecule has 0 aliphatic rings. The third-order valence-electron chi connectivity index (χ3n) is 3.07. The lowest BCUT2D eigenvalue weighted by Crippen LogP contribution is -2.29. The highest BCUT2D eigenvalue weighted by Crippen LogP contribution is 2.25. The van der Waals surface area contributed by atoms with Crippen molar-refractivity contribution in [2.75, 3.05) is 18.4 Å². The average Bonchev–Trinajstić information content (AvgIpc) is 2.49. The highest BCUT2D eigenvalue weighted by molar-refractivity contribution is 6.36. The molecule has 0 spiro atoms. The molecule has 0 atom stereocenters. The molecule has 1 amide bonds. The van der Waals surface area contributed by atoms with E-state index in [-0.39, 0.29) is 12.5 Å². The Morgan fingerprint density at radius 2 is 1.61 bits per heavy atom. The summed E-state index contributed by atoms with van der Waals surface area (Å²) in [7, 11) is 0. The lowest BCUT2D eigenvalue weighted by atomic mass is 10.1. The Morgan fingerprint density at radius 1 is 0.913 bits per heavy atom. The Labute approximate surface area is 154 Å². The number of amides is 1. The van der Waals surface area contributed by atoms with Gasteiger partial charge in [0.25, 0.3) is 0 Å². The van der Waals surface area contributed by atoms with Crippen LogP contribution in [0.1, 0.15) is 5.56 Å². The second-order valence-corrected chi connectivity index (χ2v) is 6.52. The molecular formula is C16H14Cl4N2O. The van der Waals surface area contributed by atoms with Gasteiger partial charge in [-0.2, -0.15) is 0 Å². The summed E-state index contributed by atoms with van der Waals surface area (Å²) in [5.74, 6) is -0.198. The minimum Gasteiger partial charge on any atom is -0.324 e. The molecule has 2 aromatic carbocycles. The molecule has 0 aliphatic heterocycles. The van der Waals surface area contributed by atoms with Crippen molar-refractivity contribution in [3.05, 3.63) is 62.1 Å². The number of hydrogen-bond donors (Lipinski definition) is 2. The first-order chi connectivity index (χ1) is 11.0. The van der Waals surface area contributed by atoms with Gasteiger partial charge in [-0.05, 0) is 48.9 Å². The predicted octanol–water partition coefficient (Wildman–Crippen LogP) is 5.07. The van der Waals surface area contributed by atoms with E-state index in [1.54, 1.807) is 30.3 Å². The number of halogens is 4. The molecule has 0 aliphatic carbocycles. The van der Waals surface area contributed by atoms with Crippen LogP contribution in [-0.4, -0.2) is 19.0 Å². The molecule has 3 nitrogen and oxygen atoms in total. The van der Waals surface area contributed by atoms with Crippen LogP contribution in [0.5, 0.6) is 0 Å². The zero-order valence-electron chi connectivity index (χ0n) is 12.0. The fourth-order valence-corrected chi connectivity index (χ4v) is 2.78. The van der Waals surface area contributed by atoms with Crippen LogP contribution in [0.2, 0.25) is 20.1 Å². The monoisotopic (exact) mass is 390 g/mol. The van der Waals surface area contributed by atoms with Crippen LogP contribution in [0.3, 0.4) is 0 Å². The molecule has 7 heteroatoms. The third-order valence-corrected chi connectivity index (χ3v) is 4.23. The van der Waals surface area contributed by atoms with Gasteiger partial charge in [0, 0.05) is 15.1 Å². The van der Waals surface area contributed by atoms with Crippen molar-refractivity contribution in [2.45, 2.75) is 6.42 Å². The molecule has 2 N–H and O–H groups in total. The van der Waals surface area contributed by atoms with Gasteiger partial charge in [0.15, 0.2) is 0 Å².